The standard InChI is InChI=1S/C19H27NO5/c1-12-10-13(17(22)24-5)6-7-14(12)15-11-20(9-8-16(15)21)18(23)25-19(2,3)4/h6-7,10,15-16,21H,8-9,11H2,1-5H3/t15?,16-/m1/s1. The molecule has 1 heterocycles. The lowest BCUT2D eigenvalue weighted by Gasteiger charge is -2.37. The predicted octanol–water partition coefficient (Wildman–Crippen LogP) is 2.87. The number of hydrogen-bond acceptors (Lipinski definition) is 5. The maximum atomic E-state index is 12.3. The minimum absolute atomic E-state index is 0.215. The number of likely N-dealkylation sites (tertiary alicyclic amines) is 1. The molecule has 0 aliphatic carbocycles. The molecule has 1 fully saturated rings. The Hall–Kier alpha value is -2.08. The van der Waals surface area contributed by atoms with Gasteiger partial charge in [0.2, 0.25) is 0 Å². The van der Waals surface area contributed by atoms with Crippen LogP contribution in [0.3, 0.4) is 0 Å². The highest BCUT2D eigenvalue weighted by molar-refractivity contribution is 5.89. The number of carbonyl (C=O) groups is 2. The molecule has 1 aliphatic heterocycles. The molecular weight excluding hydrogens is 322 g/mol. The lowest BCUT2D eigenvalue weighted by atomic mass is 9.85. The fraction of sp³-hybridized carbons (Fsp3) is 0.579. The molecule has 25 heavy (non-hydrogen) atoms. The number of amides is 1. The fourth-order valence-electron chi connectivity index (χ4n) is 3.07. The minimum atomic E-state index is -0.555. The van der Waals surface area contributed by atoms with E-state index in [0.29, 0.717) is 25.1 Å². The van der Waals surface area contributed by atoms with E-state index in [4.69, 9.17) is 9.47 Å². The van der Waals surface area contributed by atoms with Crippen molar-refractivity contribution in [1.29, 1.82) is 0 Å². The number of benzene rings is 1. The zero-order valence-electron chi connectivity index (χ0n) is 15.5. The summed E-state index contributed by atoms with van der Waals surface area (Å²) >= 11 is 0. The maximum absolute atomic E-state index is 12.3. The second kappa shape index (κ2) is 7.44. The number of aliphatic hydroxyl groups excluding tert-OH is 1. The van der Waals surface area contributed by atoms with Gasteiger partial charge in [-0.05, 0) is 57.4 Å². The summed E-state index contributed by atoms with van der Waals surface area (Å²) in [6, 6.07) is 5.27. The van der Waals surface area contributed by atoms with Gasteiger partial charge in [0.05, 0.1) is 18.8 Å². The summed E-state index contributed by atoms with van der Waals surface area (Å²) in [6.07, 6.45) is -0.420. The fourth-order valence-corrected chi connectivity index (χ4v) is 3.07. The smallest absolute Gasteiger partial charge is 0.410 e. The largest absolute Gasteiger partial charge is 0.465 e. The van der Waals surface area contributed by atoms with Gasteiger partial charge in [0, 0.05) is 19.0 Å². The van der Waals surface area contributed by atoms with Gasteiger partial charge >= 0.3 is 12.1 Å². The SMILES string of the molecule is COC(=O)c1ccc(C2CN(C(=O)OC(C)(C)C)CC[C@H]2O)c(C)c1. The second-order valence-corrected chi connectivity index (χ2v) is 7.45. The van der Waals surface area contributed by atoms with E-state index in [1.54, 1.807) is 17.0 Å². The predicted molar refractivity (Wildman–Crippen MR) is 93.7 cm³/mol. The zero-order valence-corrected chi connectivity index (χ0v) is 15.5. The van der Waals surface area contributed by atoms with Crippen LogP contribution < -0.4 is 0 Å². The first-order valence-corrected chi connectivity index (χ1v) is 8.47. The third-order valence-corrected chi connectivity index (χ3v) is 4.32. The first-order chi connectivity index (χ1) is 11.6. The van der Waals surface area contributed by atoms with Crippen molar-refractivity contribution in [2.75, 3.05) is 20.2 Å². The van der Waals surface area contributed by atoms with Gasteiger partial charge in [-0.15, -0.1) is 0 Å². The van der Waals surface area contributed by atoms with Crippen LogP contribution in [0.25, 0.3) is 0 Å². The Balaban J connectivity index is 2.19. The summed E-state index contributed by atoms with van der Waals surface area (Å²) in [4.78, 5) is 25.6. The Morgan fingerprint density at radius 1 is 1.28 bits per heavy atom. The van der Waals surface area contributed by atoms with Gasteiger partial charge in [-0.1, -0.05) is 6.07 Å². The topological polar surface area (TPSA) is 76.1 Å². The number of esters is 1. The van der Waals surface area contributed by atoms with Crippen LogP contribution in [-0.2, 0) is 9.47 Å². The van der Waals surface area contributed by atoms with E-state index in [1.165, 1.54) is 7.11 Å². The van der Waals surface area contributed by atoms with Crippen molar-refractivity contribution in [2.45, 2.75) is 51.7 Å². The van der Waals surface area contributed by atoms with E-state index in [2.05, 4.69) is 0 Å². The molecule has 0 radical (unpaired) electrons. The summed E-state index contributed by atoms with van der Waals surface area (Å²) < 4.78 is 10.2. The third-order valence-electron chi connectivity index (χ3n) is 4.32. The highest BCUT2D eigenvalue weighted by atomic mass is 16.6. The highest BCUT2D eigenvalue weighted by Crippen LogP contribution is 2.31. The summed E-state index contributed by atoms with van der Waals surface area (Å²) in [6.45, 7) is 8.23. The first kappa shape index (κ1) is 19.2. The van der Waals surface area contributed by atoms with Crippen molar-refractivity contribution >= 4 is 12.1 Å². The average Bonchev–Trinajstić information content (AvgIpc) is 2.53. The van der Waals surface area contributed by atoms with Gasteiger partial charge < -0.3 is 19.5 Å². The number of rotatable bonds is 2. The van der Waals surface area contributed by atoms with Gasteiger partial charge in [-0.3, -0.25) is 0 Å². The summed E-state index contributed by atoms with van der Waals surface area (Å²) in [7, 11) is 1.34. The zero-order chi connectivity index (χ0) is 18.8. The Kier molecular flexibility index (Phi) is 5.72. The number of piperidine rings is 1. The van der Waals surface area contributed by atoms with Gasteiger partial charge in [0.1, 0.15) is 5.60 Å². The van der Waals surface area contributed by atoms with E-state index in [-0.39, 0.29) is 12.0 Å². The molecule has 1 aromatic carbocycles. The second-order valence-electron chi connectivity index (χ2n) is 7.45. The molecule has 1 saturated heterocycles. The van der Waals surface area contributed by atoms with Crippen LogP contribution >= 0.6 is 0 Å². The van der Waals surface area contributed by atoms with Crippen molar-refractivity contribution in [3.63, 3.8) is 0 Å². The van der Waals surface area contributed by atoms with Gasteiger partial charge in [0.15, 0.2) is 0 Å². The van der Waals surface area contributed by atoms with E-state index in [9.17, 15) is 14.7 Å². The number of ether oxygens (including phenoxy) is 2. The van der Waals surface area contributed by atoms with Crippen LogP contribution in [0.15, 0.2) is 18.2 Å². The molecule has 0 spiro atoms. The van der Waals surface area contributed by atoms with Gasteiger partial charge in [-0.25, -0.2) is 9.59 Å². The highest BCUT2D eigenvalue weighted by Gasteiger charge is 2.34. The van der Waals surface area contributed by atoms with Crippen LogP contribution in [-0.4, -0.2) is 54.0 Å². The van der Waals surface area contributed by atoms with Crippen molar-refractivity contribution in [2.24, 2.45) is 0 Å². The molecular formula is C19H27NO5. The van der Waals surface area contributed by atoms with E-state index >= 15 is 0 Å². The van der Waals surface area contributed by atoms with Crippen molar-refractivity contribution in [1.82, 2.24) is 4.90 Å². The van der Waals surface area contributed by atoms with Crippen LogP contribution in [0.1, 0.15) is 54.6 Å². The molecule has 0 saturated carbocycles. The number of hydrogen-bond donors (Lipinski definition) is 1. The third kappa shape index (κ3) is 4.72. The van der Waals surface area contributed by atoms with E-state index in [0.717, 1.165) is 11.1 Å². The molecule has 138 valence electrons. The molecule has 6 heteroatoms. The average molecular weight is 349 g/mol. The molecule has 1 N–H and O–H groups in total. The van der Waals surface area contributed by atoms with Crippen molar-refractivity contribution in [3.8, 4) is 0 Å². The Morgan fingerprint density at radius 3 is 2.52 bits per heavy atom. The Labute approximate surface area is 148 Å². The van der Waals surface area contributed by atoms with Gasteiger partial charge in [-0.2, -0.15) is 0 Å². The Morgan fingerprint density at radius 2 is 1.96 bits per heavy atom. The molecule has 1 amide bonds. The Bertz CT molecular complexity index is 650. The van der Waals surface area contributed by atoms with Crippen LogP contribution in [0, 0.1) is 6.92 Å². The van der Waals surface area contributed by atoms with Crippen LogP contribution in [0.2, 0.25) is 0 Å². The lowest BCUT2D eigenvalue weighted by Crippen LogP contribution is -2.46. The number of methoxy groups -OCH3 is 1. The quantitative estimate of drug-likeness (QED) is 0.831. The molecule has 1 aliphatic rings. The first-order valence-electron chi connectivity index (χ1n) is 8.47. The lowest BCUT2D eigenvalue weighted by molar-refractivity contribution is 0.00399. The van der Waals surface area contributed by atoms with Crippen LogP contribution in [0.4, 0.5) is 4.79 Å². The molecule has 1 unspecified atom stereocenters. The van der Waals surface area contributed by atoms with E-state index in [1.807, 2.05) is 33.8 Å². The van der Waals surface area contributed by atoms with Gasteiger partial charge in [0.25, 0.3) is 0 Å². The normalized spacial score (nSPS) is 21.0. The minimum Gasteiger partial charge on any atom is -0.465 e. The number of aliphatic hydroxyl groups is 1. The molecule has 6 nitrogen and oxygen atoms in total. The number of carbonyl (C=O) groups excluding carboxylic acids is 2. The van der Waals surface area contributed by atoms with Crippen molar-refractivity contribution < 1.29 is 24.2 Å². The molecule has 0 aromatic heterocycles. The monoisotopic (exact) mass is 349 g/mol. The maximum Gasteiger partial charge on any atom is 0.410 e. The van der Waals surface area contributed by atoms with Crippen LogP contribution in [0.5, 0.6) is 0 Å². The molecule has 1 aromatic rings. The van der Waals surface area contributed by atoms with Crippen molar-refractivity contribution in [3.05, 3.63) is 34.9 Å². The summed E-state index contributed by atoms with van der Waals surface area (Å²) in [5.41, 5.74) is 1.73. The molecule has 2 atom stereocenters. The number of nitrogens with zero attached hydrogens (tertiary/aromatic N) is 1. The van der Waals surface area contributed by atoms with E-state index < -0.39 is 17.7 Å². The molecule has 0 bridgehead atoms. The summed E-state index contributed by atoms with van der Waals surface area (Å²) in [5.74, 6) is -0.609. The number of aryl methyl sites for hydroxylation is 1. The molecule has 2 rings (SSSR count). The summed E-state index contributed by atoms with van der Waals surface area (Å²) in [5, 5.41) is 10.4.